The molecule has 3 aliphatic heterocycles. The number of ether oxygens (including phenoxy) is 3. The van der Waals surface area contributed by atoms with Crippen molar-refractivity contribution in [2.24, 2.45) is 0 Å². The molecule has 1 unspecified atom stereocenters. The fraction of sp³-hybridized carbons (Fsp3) is 0.632. The monoisotopic (exact) mass is 380 g/mol. The summed E-state index contributed by atoms with van der Waals surface area (Å²) in [6.45, 7) is 6.20. The Morgan fingerprint density at radius 3 is 2.65 bits per heavy atom. The van der Waals surface area contributed by atoms with Crippen molar-refractivity contribution < 1.29 is 19.0 Å². The standard InChI is InChI=1S/C19H25ClN2O4/c20-16-11-14(12-17-18(16)26-10-2-9-25-17)19(23)22-6-4-21(5-7-22)13-15-3-1-8-24-15/h11-12,15H,1-10,13H2. The van der Waals surface area contributed by atoms with Gasteiger partial charge in [0.1, 0.15) is 0 Å². The molecule has 26 heavy (non-hydrogen) atoms. The van der Waals surface area contributed by atoms with Crippen LogP contribution in [0.5, 0.6) is 11.5 Å². The summed E-state index contributed by atoms with van der Waals surface area (Å²) in [5.41, 5.74) is 0.562. The zero-order valence-corrected chi connectivity index (χ0v) is 15.7. The first kappa shape index (κ1) is 17.9. The van der Waals surface area contributed by atoms with Crippen LogP contribution in [-0.4, -0.2) is 74.4 Å². The lowest BCUT2D eigenvalue weighted by atomic mass is 10.1. The smallest absolute Gasteiger partial charge is 0.254 e. The number of nitrogens with zero attached hydrogens (tertiary/aromatic N) is 2. The molecular formula is C19H25ClN2O4. The number of hydrogen-bond donors (Lipinski definition) is 0. The van der Waals surface area contributed by atoms with Crippen LogP contribution in [-0.2, 0) is 4.74 Å². The number of benzene rings is 1. The summed E-state index contributed by atoms with van der Waals surface area (Å²) in [4.78, 5) is 17.2. The Bertz CT molecular complexity index is 655. The predicted octanol–water partition coefficient (Wildman–Crippen LogP) is 2.44. The quantitative estimate of drug-likeness (QED) is 0.806. The molecule has 0 aliphatic carbocycles. The van der Waals surface area contributed by atoms with Crippen molar-refractivity contribution in [1.29, 1.82) is 0 Å². The predicted molar refractivity (Wildman–Crippen MR) is 98.4 cm³/mol. The van der Waals surface area contributed by atoms with Crippen LogP contribution in [0.15, 0.2) is 12.1 Å². The van der Waals surface area contributed by atoms with Gasteiger partial charge >= 0.3 is 0 Å². The van der Waals surface area contributed by atoms with E-state index in [1.54, 1.807) is 12.1 Å². The average Bonchev–Trinajstić information content (AvgIpc) is 3.04. The van der Waals surface area contributed by atoms with Crippen molar-refractivity contribution >= 4 is 17.5 Å². The van der Waals surface area contributed by atoms with Gasteiger partial charge in [0.15, 0.2) is 11.5 Å². The van der Waals surface area contributed by atoms with Gasteiger partial charge in [0.05, 0.1) is 24.3 Å². The van der Waals surface area contributed by atoms with E-state index in [0.29, 0.717) is 41.4 Å². The molecule has 1 aromatic carbocycles. The van der Waals surface area contributed by atoms with Gasteiger partial charge in [0, 0.05) is 51.3 Å². The van der Waals surface area contributed by atoms with E-state index >= 15 is 0 Å². The van der Waals surface area contributed by atoms with Gasteiger partial charge in [-0.25, -0.2) is 0 Å². The zero-order chi connectivity index (χ0) is 17.9. The highest BCUT2D eigenvalue weighted by atomic mass is 35.5. The van der Waals surface area contributed by atoms with E-state index in [0.717, 1.165) is 58.6 Å². The molecule has 3 aliphatic rings. The van der Waals surface area contributed by atoms with E-state index < -0.39 is 0 Å². The van der Waals surface area contributed by atoms with E-state index in [4.69, 9.17) is 25.8 Å². The van der Waals surface area contributed by atoms with E-state index in [-0.39, 0.29) is 5.91 Å². The number of fused-ring (bicyclic) bond motifs is 1. The average molecular weight is 381 g/mol. The van der Waals surface area contributed by atoms with Crippen LogP contribution in [0.2, 0.25) is 5.02 Å². The minimum atomic E-state index is -0.000636. The third kappa shape index (κ3) is 3.92. The number of amides is 1. The third-order valence-corrected chi connectivity index (χ3v) is 5.48. The Labute approximate surface area is 158 Å². The van der Waals surface area contributed by atoms with Gasteiger partial charge in [-0.1, -0.05) is 11.6 Å². The van der Waals surface area contributed by atoms with E-state index in [9.17, 15) is 4.79 Å². The largest absolute Gasteiger partial charge is 0.489 e. The molecule has 0 radical (unpaired) electrons. The minimum Gasteiger partial charge on any atom is -0.489 e. The topological polar surface area (TPSA) is 51.2 Å². The van der Waals surface area contributed by atoms with Crippen LogP contribution in [0.1, 0.15) is 29.6 Å². The van der Waals surface area contributed by atoms with Gasteiger partial charge in [0.2, 0.25) is 0 Å². The summed E-state index contributed by atoms with van der Waals surface area (Å²) >= 11 is 6.32. The summed E-state index contributed by atoms with van der Waals surface area (Å²) in [7, 11) is 0. The Kier molecular flexibility index (Phi) is 5.52. The highest BCUT2D eigenvalue weighted by Crippen LogP contribution is 2.38. The van der Waals surface area contributed by atoms with Crippen LogP contribution < -0.4 is 9.47 Å². The van der Waals surface area contributed by atoms with Crippen LogP contribution in [0, 0.1) is 0 Å². The summed E-state index contributed by atoms with van der Waals surface area (Å²) in [5.74, 6) is 1.11. The SMILES string of the molecule is O=C(c1cc(Cl)c2c(c1)OCCCO2)N1CCN(CC2CCCO2)CC1. The number of carbonyl (C=O) groups excluding carboxylic acids is 1. The minimum absolute atomic E-state index is 0.000636. The number of hydrogen-bond acceptors (Lipinski definition) is 5. The highest BCUT2D eigenvalue weighted by molar-refractivity contribution is 6.32. The Hall–Kier alpha value is -1.50. The maximum absolute atomic E-state index is 12.9. The molecule has 0 N–H and O–H groups in total. The van der Waals surface area contributed by atoms with Crippen LogP contribution >= 0.6 is 11.6 Å². The summed E-state index contributed by atoms with van der Waals surface area (Å²) in [5, 5.41) is 0.435. The molecule has 1 amide bonds. The molecule has 6 nitrogen and oxygen atoms in total. The third-order valence-electron chi connectivity index (χ3n) is 5.19. The van der Waals surface area contributed by atoms with Crippen molar-refractivity contribution in [3.05, 3.63) is 22.7 Å². The van der Waals surface area contributed by atoms with Crippen LogP contribution in [0.3, 0.4) is 0 Å². The maximum Gasteiger partial charge on any atom is 0.254 e. The highest BCUT2D eigenvalue weighted by Gasteiger charge is 2.27. The Morgan fingerprint density at radius 1 is 1.08 bits per heavy atom. The van der Waals surface area contributed by atoms with Gasteiger partial charge < -0.3 is 19.1 Å². The van der Waals surface area contributed by atoms with Gasteiger partial charge in [-0.2, -0.15) is 0 Å². The Morgan fingerprint density at radius 2 is 1.88 bits per heavy atom. The maximum atomic E-state index is 12.9. The van der Waals surface area contributed by atoms with Crippen molar-refractivity contribution in [3.63, 3.8) is 0 Å². The lowest BCUT2D eigenvalue weighted by molar-refractivity contribution is 0.0432. The van der Waals surface area contributed by atoms with E-state index in [1.807, 2.05) is 4.90 Å². The lowest BCUT2D eigenvalue weighted by Gasteiger charge is -2.35. The number of carbonyl (C=O) groups is 1. The second-order valence-electron chi connectivity index (χ2n) is 7.06. The van der Waals surface area contributed by atoms with Gasteiger partial charge in [-0.05, 0) is 25.0 Å². The summed E-state index contributed by atoms with van der Waals surface area (Å²) < 4.78 is 17.0. The first-order valence-corrected chi connectivity index (χ1v) is 9.81. The molecule has 2 fully saturated rings. The molecule has 0 saturated carbocycles. The molecule has 2 saturated heterocycles. The first-order chi connectivity index (χ1) is 12.7. The fourth-order valence-corrected chi connectivity index (χ4v) is 4.01. The zero-order valence-electron chi connectivity index (χ0n) is 14.9. The molecule has 0 bridgehead atoms. The molecule has 142 valence electrons. The molecule has 0 spiro atoms. The van der Waals surface area contributed by atoms with E-state index in [1.165, 1.54) is 0 Å². The van der Waals surface area contributed by atoms with Gasteiger partial charge in [0.25, 0.3) is 5.91 Å². The lowest BCUT2D eigenvalue weighted by Crippen LogP contribution is -2.50. The summed E-state index contributed by atoms with van der Waals surface area (Å²) in [6.07, 6.45) is 3.47. The first-order valence-electron chi connectivity index (χ1n) is 9.43. The van der Waals surface area contributed by atoms with E-state index in [2.05, 4.69) is 4.90 Å². The Balaban J connectivity index is 1.39. The van der Waals surface area contributed by atoms with Crippen molar-refractivity contribution in [2.45, 2.75) is 25.4 Å². The number of rotatable bonds is 3. The molecule has 0 aromatic heterocycles. The fourth-order valence-electron chi connectivity index (χ4n) is 3.75. The summed E-state index contributed by atoms with van der Waals surface area (Å²) in [6, 6.07) is 3.45. The van der Waals surface area contributed by atoms with Crippen molar-refractivity contribution in [1.82, 2.24) is 9.80 Å². The molecule has 7 heteroatoms. The second-order valence-corrected chi connectivity index (χ2v) is 7.47. The van der Waals surface area contributed by atoms with Crippen LogP contribution in [0.4, 0.5) is 0 Å². The van der Waals surface area contributed by atoms with Crippen LogP contribution in [0.25, 0.3) is 0 Å². The second kappa shape index (κ2) is 8.03. The molecule has 4 rings (SSSR count). The molecule has 1 aromatic rings. The normalized spacial score (nSPS) is 23.7. The molecule has 1 atom stereocenters. The number of halogens is 1. The van der Waals surface area contributed by atoms with Gasteiger partial charge in [-0.15, -0.1) is 0 Å². The van der Waals surface area contributed by atoms with Crippen molar-refractivity contribution in [3.8, 4) is 11.5 Å². The van der Waals surface area contributed by atoms with Gasteiger partial charge in [-0.3, -0.25) is 9.69 Å². The molecule has 3 heterocycles. The molecular weight excluding hydrogens is 356 g/mol. The number of piperazine rings is 1. The van der Waals surface area contributed by atoms with Crippen molar-refractivity contribution in [2.75, 3.05) is 52.5 Å².